The van der Waals surface area contributed by atoms with Crippen LogP contribution < -0.4 is 0 Å². The van der Waals surface area contributed by atoms with Crippen molar-refractivity contribution in [3.05, 3.63) is 107 Å². The van der Waals surface area contributed by atoms with Gasteiger partial charge in [-0.15, -0.1) is 0 Å². The molecule has 3 rings (SSSR count). The first-order valence-electron chi connectivity index (χ1n) is 9.98. The van der Waals surface area contributed by atoms with Crippen LogP contribution in [0.1, 0.15) is 42.0 Å². The van der Waals surface area contributed by atoms with Crippen molar-refractivity contribution in [2.75, 3.05) is 0 Å². The Kier molecular flexibility index (Phi) is 7.39. The van der Waals surface area contributed by atoms with Crippen molar-refractivity contribution in [1.29, 1.82) is 0 Å². The Morgan fingerprint density at radius 3 is 2.03 bits per heavy atom. The fourth-order valence-corrected chi connectivity index (χ4v) is 3.54. The number of aliphatic imine (C=N–C) groups is 1. The van der Waals surface area contributed by atoms with E-state index in [9.17, 15) is 13.2 Å². The molecule has 0 aliphatic rings. The molecule has 0 fully saturated rings. The largest absolute Gasteiger partial charge is 0.416 e. The summed E-state index contributed by atoms with van der Waals surface area (Å²) < 4.78 is 38.8. The topological polar surface area (TPSA) is 12.4 Å². The Labute approximate surface area is 185 Å². The van der Waals surface area contributed by atoms with Crippen LogP contribution >= 0.6 is 11.8 Å². The Bertz CT molecular complexity index is 1050. The summed E-state index contributed by atoms with van der Waals surface area (Å²) in [7, 11) is 0. The molecule has 0 aromatic heterocycles. The van der Waals surface area contributed by atoms with Crippen LogP contribution in [0, 0.1) is 6.92 Å². The molecule has 0 saturated carbocycles. The molecule has 3 aromatic carbocycles. The molecule has 1 nitrogen and oxygen atoms in total. The maximum Gasteiger partial charge on any atom is 0.416 e. The SMILES string of the molecule is Cc1ccc(S/C=C/C(=N/c2ccc(C(C)C)cc2)c2ccc(C(F)(F)F)cc2)cc1. The zero-order valence-electron chi connectivity index (χ0n) is 17.6. The van der Waals surface area contributed by atoms with E-state index in [1.807, 2.05) is 66.9 Å². The summed E-state index contributed by atoms with van der Waals surface area (Å²) in [6.45, 7) is 6.28. The lowest BCUT2D eigenvalue weighted by molar-refractivity contribution is -0.137. The van der Waals surface area contributed by atoms with Crippen LogP contribution in [0.2, 0.25) is 0 Å². The molecular formula is C26H24F3NS. The van der Waals surface area contributed by atoms with E-state index < -0.39 is 11.7 Å². The summed E-state index contributed by atoms with van der Waals surface area (Å²) in [5, 5.41) is 1.91. The third-order valence-corrected chi connectivity index (χ3v) is 5.58. The monoisotopic (exact) mass is 439 g/mol. The van der Waals surface area contributed by atoms with Crippen LogP contribution in [0.3, 0.4) is 0 Å². The van der Waals surface area contributed by atoms with E-state index in [0.717, 1.165) is 22.7 Å². The van der Waals surface area contributed by atoms with E-state index in [0.29, 0.717) is 17.2 Å². The number of rotatable bonds is 6. The molecule has 0 amide bonds. The van der Waals surface area contributed by atoms with Gasteiger partial charge >= 0.3 is 6.18 Å². The number of nitrogens with zero attached hydrogens (tertiary/aromatic N) is 1. The summed E-state index contributed by atoms with van der Waals surface area (Å²) in [4.78, 5) is 5.78. The normalized spacial score (nSPS) is 12.7. The maximum atomic E-state index is 12.9. The number of halogens is 3. The van der Waals surface area contributed by atoms with E-state index in [-0.39, 0.29) is 0 Å². The van der Waals surface area contributed by atoms with Gasteiger partial charge in [0.25, 0.3) is 0 Å². The molecule has 160 valence electrons. The fourth-order valence-electron chi connectivity index (χ4n) is 2.89. The highest BCUT2D eigenvalue weighted by Gasteiger charge is 2.30. The van der Waals surface area contributed by atoms with Gasteiger partial charge in [-0.05, 0) is 66.3 Å². The van der Waals surface area contributed by atoms with Gasteiger partial charge in [-0.25, -0.2) is 4.99 Å². The fraction of sp³-hybridized carbons (Fsp3) is 0.192. The average molecular weight is 440 g/mol. The predicted molar refractivity (Wildman–Crippen MR) is 124 cm³/mol. The van der Waals surface area contributed by atoms with Crippen molar-refractivity contribution >= 4 is 23.2 Å². The van der Waals surface area contributed by atoms with Gasteiger partial charge < -0.3 is 0 Å². The Morgan fingerprint density at radius 2 is 1.48 bits per heavy atom. The van der Waals surface area contributed by atoms with Crippen molar-refractivity contribution in [3.63, 3.8) is 0 Å². The second-order valence-corrected chi connectivity index (χ2v) is 8.53. The molecule has 31 heavy (non-hydrogen) atoms. The molecule has 0 N–H and O–H groups in total. The molecule has 0 aliphatic heterocycles. The van der Waals surface area contributed by atoms with Gasteiger partial charge in [0.05, 0.1) is 17.0 Å². The van der Waals surface area contributed by atoms with Gasteiger partial charge in [0.2, 0.25) is 0 Å². The molecule has 0 saturated heterocycles. The van der Waals surface area contributed by atoms with E-state index in [4.69, 9.17) is 4.99 Å². The molecule has 0 radical (unpaired) electrons. The zero-order valence-corrected chi connectivity index (χ0v) is 18.5. The predicted octanol–water partition coefficient (Wildman–Crippen LogP) is 8.56. The molecule has 0 unspecified atom stereocenters. The summed E-state index contributed by atoms with van der Waals surface area (Å²) >= 11 is 1.54. The highest BCUT2D eigenvalue weighted by molar-refractivity contribution is 8.02. The molecule has 0 heterocycles. The quantitative estimate of drug-likeness (QED) is 0.277. The van der Waals surface area contributed by atoms with E-state index in [2.05, 4.69) is 13.8 Å². The average Bonchev–Trinajstić information content (AvgIpc) is 2.74. The summed E-state index contributed by atoms with van der Waals surface area (Å²) in [5.41, 5.74) is 3.71. The lowest BCUT2D eigenvalue weighted by atomic mass is 10.0. The zero-order chi connectivity index (χ0) is 22.4. The van der Waals surface area contributed by atoms with Crippen LogP contribution in [0.25, 0.3) is 0 Å². The van der Waals surface area contributed by atoms with Crippen molar-refractivity contribution in [1.82, 2.24) is 0 Å². The van der Waals surface area contributed by atoms with Crippen LogP contribution in [0.4, 0.5) is 18.9 Å². The summed E-state index contributed by atoms with van der Waals surface area (Å²) in [6.07, 6.45) is -2.52. The molecule has 0 atom stereocenters. The number of hydrogen-bond acceptors (Lipinski definition) is 2. The van der Waals surface area contributed by atoms with Crippen LogP contribution in [-0.4, -0.2) is 5.71 Å². The number of benzene rings is 3. The third kappa shape index (κ3) is 6.59. The van der Waals surface area contributed by atoms with Crippen molar-refractivity contribution in [2.45, 2.75) is 37.8 Å². The smallest absolute Gasteiger partial charge is 0.248 e. The molecular weight excluding hydrogens is 415 g/mol. The first kappa shape index (κ1) is 22.9. The highest BCUT2D eigenvalue weighted by atomic mass is 32.2. The Balaban J connectivity index is 1.90. The second kappa shape index (κ2) is 10.0. The Hall–Kier alpha value is -2.79. The molecule has 3 aromatic rings. The first-order chi connectivity index (χ1) is 14.7. The molecule has 0 spiro atoms. The number of aryl methyl sites for hydroxylation is 1. The van der Waals surface area contributed by atoms with E-state index in [1.54, 1.807) is 0 Å². The Morgan fingerprint density at radius 1 is 0.871 bits per heavy atom. The van der Waals surface area contributed by atoms with Crippen LogP contribution in [-0.2, 0) is 6.18 Å². The minimum absolute atomic E-state index is 0.415. The molecule has 0 bridgehead atoms. The second-order valence-electron chi connectivity index (χ2n) is 7.55. The number of hydrogen-bond donors (Lipinski definition) is 0. The number of alkyl halides is 3. The molecule has 5 heteroatoms. The lowest BCUT2D eigenvalue weighted by Gasteiger charge is -2.09. The standard InChI is InChI=1S/C26H24F3NS/c1-18(2)20-8-12-23(13-9-20)30-25(16-17-31-24-14-4-19(3)5-15-24)21-6-10-22(11-7-21)26(27,28)29/h4-18H,1-3H3/b17-16+,30-25-. The maximum absolute atomic E-state index is 12.9. The van der Waals surface area contributed by atoms with Crippen molar-refractivity contribution < 1.29 is 13.2 Å². The van der Waals surface area contributed by atoms with Gasteiger partial charge in [-0.3, -0.25) is 0 Å². The minimum Gasteiger partial charge on any atom is -0.248 e. The number of thioether (sulfide) groups is 1. The summed E-state index contributed by atoms with van der Waals surface area (Å²) in [5.74, 6) is 0.415. The van der Waals surface area contributed by atoms with Gasteiger partial charge in [0.1, 0.15) is 0 Å². The van der Waals surface area contributed by atoms with Crippen LogP contribution in [0.5, 0.6) is 0 Å². The van der Waals surface area contributed by atoms with Crippen molar-refractivity contribution in [2.24, 2.45) is 4.99 Å². The van der Waals surface area contributed by atoms with Gasteiger partial charge in [-0.1, -0.05) is 67.6 Å². The lowest BCUT2D eigenvalue weighted by Crippen LogP contribution is -2.05. The third-order valence-electron chi connectivity index (χ3n) is 4.77. The van der Waals surface area contributed by atoms with Gasteiger partial charge in [0.15, 0.2) is 0 Å². The van der Waals surface area contributed by atoms with E-state index >= 15 is 0 Å². The van der Waals surface area contributed by atoms with Crippen LogP contribution in [0.15, 0.2) is 94.2 Å². The minimum atomic E-state index is -4.36. The summed E-state index contributed by atoms with van der Waals surface area (Å²) in [6, 6.07) is 21.2. The van der Waals surface area contributed by atoms with Gasteiger partial charge in [0, 0.05) is 10.5 Å². The first-order valence-corrected chi connectivity index (χ1v) is 10.9. The van der Waals surface area contributed by atoms with E-state index in [1.165, 1.54) is 35.0 Å². The molecule has 0 aliphatic carbocycles. The van der Waals surface area contributed by atoms with Crippen molar-refractivity contribution in [3.8, 4) is 0 Å². The van der Waals surface area contributed by atoms with Gasteiger partial charge in [-0.2, -0.15) is 13.2 Å². The highest BCUT2D eigenvalue weighted by Crippen LogP contribution is 2.30. The number of allylic oxidation sites excluding steroid dienone is 1.